The van der Waals surface area contributed by atoms with Gasteiger partial charge < -0.3 is 23.8 Å². The number of ether oxygens (including phenoxy) is 4. The molecule has 0 radical (unpaired) electrons. The fraction of sp³-hybridized carbons (Fsp3) is 0.536. The fourth-order valence-electron chi connectivity index (χ4n) is 4.77. The average molecular weight is 500 g/mol. The first-order valence-corrected chi connectivity index (χ1v) is 12.9. The fourth-order valence-corrected chi connectivity index (χ4v) is 4.77. The van der Waals surface area contributed by atoms with E-state index in [1.807, 2.05) is 12.1 Å². The Labute approximate surface area is 211 Å². The Hall–Kier alpha value is -2.84. The molecule has 1 heterocycles. The monoisotopic (exact) mass is 499 g/mol. The van der Waals surface area contributed by atoms with E-state index in [-0.39, 0.29) is 29.8 Å². The van der Waals surface area contributed by atoms with Crippen molar-refractivity contribution in [2.45, 2.75) is 70.2 Å². The van der Waals surface area contributed by atoms with Gasteiger partial charge in [0.15, 0.2) is 11.6 Å². The van der Waals surface area contributed by atoms with E-state index in [0.717, 1.165) is 44.1 Å². The van der Waals surface area contributed by atoms with Gasteiger partial charge in [0.1, 0.15) is 5.75 Å². The minimum atomic E-state index is -0.420. The number of hydrogen-bond acceptors (Lipinski definition) is 7. The lowest BCUT2D eigenvalue weighted by Crippen LogP contribution is -2.26. The zero-order valence-electron chi connectivity index (χ0n) is 20.7. The van der Waals surface area contributed by atoms with E-state index in [2.05, 4.69) is 5.48 Å². The number of anilines is 1. The molecule has 1 aliphatic heterocycles. The van der Waals surface area contributed by atoms with Gasteiger partial charge in [0.25, 0.3) is 0 Å². The SMILES string of the molecule is COc1cc(OC2CC2)c(F)c(-c2ccc(NOC(=O)C3CCOCC3)cc2COC2CCCC2)c1. The molecule has 8 heteroatoms. The van der Waals surface area contributed by atoms with Crippen LogP contribution in [-0.2, 0) is 25.7 Å². The molecule has 0 aromatic heterocycles. The maximum atomic E-state index is 15.6. The van der Waals surface area contributed by atoms with Crippen molar-refractivity contribution in [3.8, 4) is 22.6 Å². The third-order valence-corrected chi connectivity index (χ3v) is 7.06. The summed E-state index contributed by atoms with van der Waals surface area (Å²) in [7, 11) is 1.56. The van der Waals surface area contributed by atoms with E-state index in [1.54, 1.807) is 25.3 Å². The zero-order valence-corrected chi connectivity index (χ0v) is 20.7. The number of halogens is 1. The normalized spacial score (nSPS) is 18.7. The van der Waals surface area contributed by atoms with Crippen LogP contribution in [0.3, 0.4) is 0 Å². The highest BCUT2D eigenvalue weighted by atomic mass is 19.1. The van der Waals surface area contributed by atoms with Gasteiger partial charge in [0, 0.05) is 24.8 Å². The summed E-state index contributed by atoms with van der Waals surface area (Å²) in [5.41, 5.74) is 5.25. The number of benzene rings is 2. The molecule has 0 bridgehead atoms. The van der Waals surface area contributed by atoms with Gasteiger partial charge in [0.05, 0.1) is 37.5 Å². The van der Waals surface area contributed by atoms with E-state index < -0.39 is 5.82 Å². The molecule has 2 saturated carbocycles. The second-order valence-electron chi connectivity index (χ2n) is 9.80. The lowest BCUT2D eigenvalue weighted by Gasteiger charge is -2.21. The Kier molecular flexibility index (Phi) is 7.92. The van der Waals surface area contributed by atoms with Crippen LogP contribution in [0.5, 0.6) is 11.5 Å². The summed E-state index contributed by atoms with van der Waals surface area (Å²) in [4.78, 5) is 17.8. The highest BCUT2D eigenvalue weighted by Gasteiger charge is 2.27. The van der Waals surface area contributed by atoms with Gasteiger partial charge in [-0.3, -0.25) is 0 Å². The number of methoxy groups -OCH3 is 1. The molecule has 2 aromatic rings. The number of rotatable bonds is 10. The number of hydrogen-bond donors (Lipinski definition) is 1. The van der Waals surface area contributed by atoms with E-state index in [1.165, 1.54) is 0 Å². The van der Waals surface area contributed by atoms with E-state index in [4.69, 9.17) is 23.8 Å². The predicted molar refractivity (Wildman–Crippen MR) is 132 cm³/mol. The molecule has 0 atom stereocenters. The smallest absolute Gasteiger partial charge is 0.335 e. The molecular weight excluding hydrogens is 465 g/mol. The van der Waals surface area contributed by atoms with Crippen LogP contribution in [0, 0.1) is 11.7 Å². The molecule has 0 spiro atoms. The Morgan fingerprint density at radius 1 is 1.00 bits per heavy atom. The van der Waals surface area contributed by atoms with Crippen molar-refractivity contribution < 1.29 is 33.0 Å². The van der Waals surface area contributed by atoms with E-state index in [9.17, 15) is 4.79 Å². The molecule has 7 nitrogen and oxygen atoms in total. The first kappa shape index (κ1) is 24.8. The molecule has 2 aliphatic carbocycles. The van der Waals surface area contributed by atoms with Crippen LogP contribution in [0.4, 0.5) is 10.1 Å². The second-order valence-corrected chi connectivity index (χ2v) is 9.80. The van der Waals surface area contributed by atoms with Crippen LogP contribution in [0.25, 0.3) is 11.1 Å². The third kappa shape index (κ3) is 6.10. The Bertz CT molecular complexity index is 1060. The van der Waals surface area contributed by atoms with Crippen LogP contribution < -0.4 is 15.0 Å². The summed E-state index contributed by atoms with van der Waals surface area (Å²) in [6, 6.07) is 8.71. The van der Waals surface area contributed by atoms with Crippen LogP contribution in [0.1, 0.15) is 56.9 Å². The summed E-state index contributed by atoms with van der Waals surface area (Å²) >= 11 is 0. The molecule has 5 rings (SSSR count). The number of carbonyl (C=O) groups is 1. The highest BCUT2D eigenvalue weighted by Crippen LogP contribution is 2.39. The van der Waals surface area contributed by atoms with Crippen molar-refractivity contribution in [1.82, 2.24) is 0 Å². The van der Waals surface area contributed by atoms with Gasteiger partial charge in [-0.1, -0.05) is 18.9 Å². The lowest BCUT2D eigenvalue weighted by molar-refractivity contribution is -0.148. The lowest BCUT2D eigenvalue weighted by atomic mass is 9.98. The summed E-state index contributed by atoms with van der Waals surface area (Å²) < 4.78 is 38.4. The highest BCUT2D eigenvalue weighted by molar-refractivity contribution is 5.75. The molecule has 3 aliphatic rings. The second kappa shape index (κ2) is 11.5. The largest absolute Gasteiger partial charge is 0.497 e. The zero-order chi connectivity index (χ0) is 24.9. The maximum Gasteiger partial charge on any atom is 0.335 e. The predicted octanol–water partition coefficient (Wildman–Crippen LogP) is 5.80. The first-order valence-electron chi connectivity index (χ1n) is 12.9. The minimum absolute atomic E-state index is 0.0571. The van der Waals surface area contributed by atoms with Crippen molar-refractivity contribution in [2.75, 3.05) is 25.8 Å². The molecule has 36 heavy (non-hydrogen) atoms. The topological polar surface area (TPSA) is 75.2 Å². The van der Waals surface area contributed by atoms with Crippen LogP contribution in [0.15, 0.2) is 30.3 Å². The molecule has 0 unspecified atom stereocenters. The van der Waals surface area contributed by atoms with Gasteiger partial charge in [-0.05, 0) is 67.9 Å². The number of carbonyl (C=O) groups excluding carboxylic acids is 1. The summed E-state index contributed by atoms with van der Waals surface area (Å²) in [6.45, 7) is 1.45. The van der Waals surface area contributed by atoms with Crippen molar-refractivity contribution in [3.05, 3.63) is 41.7 Å². The van der Waals surface area contributed by atoms with Gasteiger partial charge in [-0.2, -0.15) is 0 Å². The molecule has 2 aromatic carbocycles. The van der Waals surface area contributed by atoms with Gasteiger partial charge >= 0.3 is 5.97 Å². The quantitative estimate of drug-likeness (QED) is 0.414. The molecule has 194 valence electrons. The summed E-state index contributed by atoms with van der Waals surface area (Å²) in [5.74, 6) is -0.172. The summed E-state index contributed by atoms with van der Waals surface area (Å²) in [5, 5.41) is 0. The Morgan fingerprint density at radius 3 is 2.50 bits per heavy atom. The number of nitrogens with one attached hydrogen (secondary N) is 1. The van der Waals surface area contributed by atoms with Crippen LogP contribution >= 0.6 is 0 Å². The van der Waals surface area contributed by atoms with Crippen molar-refractivity contribution in [2.24, 2.45) is 5.92 Å². The van der Waals surface area contributed by atoms with E-state index in [0.29, 0.717) is 55.2 Å². The van der Waals surface area contributed by atoms with Gasteiger partial charge in [0.2, 0.25) is 0 Å². The molecule has 3 fully saturated rings. The maximum absolute atomic E-state index is 15.6. The van der Waals surface area contributed by atoms with Crippen molar-refractivity contribution >= 4 is 11.7 Å². The average Bonchev–Trinajstić information content (AvgIpc) is 3.58. The molecule has 0 amide bonds. The first-order chi connectivity index (χ1) is 17.6. The standard InChI is InChI=1S/C28H34FNO6/c1-32-23-15-25(27(29)26(16-23)35-22-7-8-22)24-9-6-20(14-19(24)17-34-21-4-2-3-5-21)30-36-28(31)18-10-12-33-13-11-18/h6,9,14-16,18,21-22,30H,2-5,7-8,10-13,17H2,1H3. The third-order valence-electron chi connectivity index (χ3n) is 7.06. The molecular formula is C28H34FNO6. The van der Waals surface area contributed by atoms with Crippen LogP contribution in [-0.4, -0.2) is 38.5 Å². The Morgan fingerprint density at radius 2 is 1.78 bits per heavy atom. The summed E-state index contributed by atoms with van der Waals surface area (Å²) in [6.07, 6.45) is 7.80. The van der Waals surface area contributed by atoms with Crippen molar-refractivity contribution in [3.63, 3.8) is 0 Å². The molecule has 1 saturated heterocycles. The minimum Gasteiger partial charge on any atom is -0.497 e. The van der Waals surface area contributed by atoms with Gasteiger partial charge in [-0.15, -0.1) is 0 Å². The van der Waals surface area contributed by atoms with Crippen LogP contribution in [0.2, 0.25) is 0 Å². The Balaban J connectivity index is 1.40. The van der Waals surface area contributed by atoms with Crippen molar-refractivity contribution in [1.29, 1.82) is 0 Å². The van der Waals surface area contributed by atoms with Gasteiger partial charge in [-0.25, -0.2) is 14.7 Å². The molecule has 1 N–H and O–H groups in total. The van der Waals surface area contributed by atoms with E-state index >= 15 is 4.39 Å².